The van der Waals surface area contributed by atoms with Gasteiger partial charge in [-0.2, -0.15) is 0 Å². The number of hydrogen-bond donors (Lipinski definition) is 3. The van der Waals surface area contributed by atoms with E-state index in [1.807, 2.05) is 27.7 Å². The molecule has 0 aromatic carbocycles. The van der Waals surface area contributed by atoms with Crippen LogP contribution < -0.4 is 0 Å². The zero-order chi connectivity index (χ0) is 32.5. The average Bonchev–Trinajstić information content (AvgIpc) is 3.38. The molecular formula is C36H56O8. The number of Topliss-reactive ketones (excluding diaryl/α,β-unsaturated/α-hetero) is 1. The topological polar surface area (TPSA) is 130 Å². The van der Waals surface area contributed by atoms with Crippen LogP contribution in [-0.2, 0) is 23.9 Å². The van der Waals surface area contributed by atoms with Gasteiger partial charge in [0.1, 0.15) is 30.0 Å². The number of hydrogen-bond acceptors (Lipinski definition) is 8. The Morgan fingerprint density at radius 2 is 1.52 bits per heavy atom. The van der Waals surface area contributed by atoms with Crippen molar-refractivity contribution in [2.24, 2.45) is 28.6 Å². The lowest BCUT2D eigenvalue weighted by Crippen LogP contribution is -2.65. The minimum absolute atomic E-state index is 0.186. The normalized spacial score (nSPS) is 36.8. The first-order valence-corrected chi connectivity index (χ1v) is 17.2. The molecule has 4 aliphatic rings. The van der Waals surface area contributed by atoms with Crippen molar-refractivity contribution in [2.75, 3.05) is 6.61 Å². The van der Waals surface area contributed by atoms with E-state index in [0.717, 1.165) is 19.3 Å². The van der Waals surface area contributed by atoms with Gasteiger partial charge in [0, 0.05) is 30.1 Å². The number of rotatable bonds is 15. The standard InChI is InChI=1S/C36H56O8/c1-7-9-10-11-12-13-14-15-16-18-28(38)44-35-21-24(4)34-20-23(3)30(39)36(34,42)31(40)25(22-43-27(37)17-8-2)19-26(32(34)41)29(35)33(35,5)6/h19-20,24,26,29-31,39-40,42H,7-18,21-22H2,1-6H3/t24?,26-,29+,30-,31+,34?,35-,36+/m0/s1. The highest BCUT2D eigenvalue weighted by Gasteiger charge is 2.83. The van der Waals surface area contributed by atoms with Crippen molar-refractivity contribution in [3.05, 3.63) is 23.3 Å². The molecule has 8 atom stereocenters. The Labute approximate surface area is 263 Å². The number of aliphatic hydroxyl groups excluding tert-OH is 2. The Morgan fingerprint density at radius 3 is 2.14 bits per heavy atom. The molecular weight excluding hydrogens is 560 g/mol. The zero-order valence-electron chi connectivity index (χ0n) is 27.8. The number of carbonyl (C=O) groups is 3. The van der Waals surface area contributed by atoms with Gasteiger partial charge in [-0.1, -0.05) is 98.1 Å². The van der Waals surface area contributed by atoms with Crippen molar-refractivity contribution in [3.63, 3.8) is 0 Å². The summed E-state index contributed by atoms with van der Waals surface area (Å²) in [6, 6.07) is 0. The second-order valence-corrected chi connectivity index (χ2v) is 14.7. The third kappa shape index (κ3) is 5.62. The Hall–Kier alpha value is -2.03. The summed E-state index contributed by atoms with van der Waals surface area (Å²) in [5.41, 5.74) is -4.75. The number of esters is 2. The molecule has 4 aliphatic carbocycles. The molecule has 2 fully saturated rings. The predicted molar refractivity (Wildman–Crippen MR) is 167 cm³/mol. The van der Waals surface area contributed by atoms with Crippen molar-refractivity contribution >= 4 is 17.7 Å². The number of allylic oxidation sites excluding steroid dienone is 1. The maximum atomic E-state index is 14.7. The maximum absolute atomic E-state index is 14.7. The van der Waals surface area contributed by atoms with Crippen LogP contribution in [0.5, 0.6) is 0 Å². The molecule has 248 valence electrons. The van der Waals surface area contributed by atoms with Crippen LogP contribution in [0.1, 0.15) is 125 Å². The van der Waals surface area contributed by atoms with Crippen molar-refractivity contribution in [3.8, 4) is 0 Å². The fraction of sp³-hybridized carbons (Fsp3) is 0.806. The summed E-state index contributed by atoms with van der Waals surface area (Å²) in [6.45, 7) is 11.3. The third-order valence-electron chi connectivity index (χ3n) is 11.5. The summed E-state index contributed by atoms with van der Waals surface area (Å²) in [4.78, 5) is 40.3. The number of ether oxygens (including phenoxy) is 2. The van der Waals surface area contributed by atoms with Crippen LogP contribution in [0.25, 0.3) is 0 Å². The molecule has 8 nitrogen and oxygen atoms in total. The highest BCUT2D eigenvalue weighted by atomic mass is 16.6. The SMILES string of the molecule is CCCCCCCCCCCC(=O)O[C@@]12CC(C)C34C=C(C)[C@H](O)[C@@]3(O)[C@H](O)C(COC(=O)CCC)=C[C@H](C4=O)[C@@H]1C2(C)C. The maximum Gasteiger partial charge on any atom is 0.306 e. The van der Waals surface area contributed by atoms with Gasteiger partial charge in [0.25, 0.3) is 0 Å². The Bertz CT molecular complexity index is 1150. The highest BCUT2D eigenvalue weighted by molar-refractivity contribution is 5.96. The number of carbonyl (C=O) groups excluding carboxylic acids is 3. The van der Waals surface area contributed by atoms with Gasteiger partial charge in [-0.15, -0.1) is 0 Å². The van der Waals surface area contributed by atoms with Gasteiger partial charge in [-0.25, -0.2) is 0 Å². The fourth-order valence-electron chi connectivity index (χ4n) is 8.99. The number of unbranched alkanes of at least 4 members (excludes halogenated alkanes) is 8. The van der Waals surface area contributed by atoms with Gasteiger partial charge in [0.2, 0.25) is 0 Å². The van der Waals surface area contributed by atoms with Gasteiger partial charge in [0.15, 0.2) is 5.78 Å². The molecule has 2 unspecified atom stereocenters. The molecule has 2 saturated carbocycles. The molecule has 2 bridgehead atoms. The molecule has 0 amide bonds. The van der Waals surface area contributed by atoms with Crippen molar-refractivity contribution in [1.29, 1.82) is 0 Å². The molecule has 0 heterocycles. The summed E-state index contributed by atoms with van der Waals surface area (Å²) in [5.74, 6) is -2.79. The van der Waals surface area contributed by atoms with Gasteiger partial charge >= 0.3 is 11.9 Å². The summed E-state index contributed by atoms with van der Waals surface area (Å²) in [5, 5.41) is 35.3. The number of fused-ring (bicyclic) bond motifs is 3. The van der Waals surface area contributed by atoms with Gasteiger partial charge < -0.3 is 24.8 Å². The molecule has 0 aliphatic heterocycles. The molecule has 0 aromatic rings. The average molecular weight is 617 g/mol. The van der Waals surface area contributed by atoms with E-state index in [-0.39, 0.29) is 30.4 Å². The van der Waals surface area contributed by atoms with Crippen molar-refractivity contribution in [2.45, 2.75) is 148 Å². The molecule has 0 aromatic heterocycles. The molecule has 1 spiro atoms. The van der Waals surface area contributed by atoms with E-state index < -0.39 is 58.0 Å². The van der Waals surface area contributed by atoms with Crippen LogP contribution in [0.2, 0.25) is 0 Å². The first-order valence-electron chi connectivity index (χ1n) is 17.2. The molecule has 3 N–H and O–H groups in total. The van der Waals surface area contributed by atoms with E-state index in [9.17, 15) is 29.7 Å². The monoisotopic (exact) mass is 616 g/mol. The Balaban J connectivity index is 1.58. The molecule has 4 rings (SSSR count). The summed E-state index contributed by atoms with van der Waals surface area (Å²) >= 11 is 0. The van der Waals surface area contributed by atoms with Gasteiger partial charge in [0.05, 0.1) is 5.41 Å². The minimum Gasteiger partial charge on any atom is -0.461 e. The third-order valence-corrected chi connectivity index (χ3v) is 11.5. The lowest BCUT2D eigenvalue weighted by Gasteiger charge is -2.48. The van der Waals surface area contributed by atoms with Crippen molar-refractivity contribution < 1.29 is 39.2 Å². The van der Waals surface area contributed by atoms with E-state index in [2.05, 4.69) is 6.92 Å². The Morgan fingerprint density at radius 1 is 0.909 bits per heavy atom. The van der Waals surface area contributed by atoms with Crippen LogP contribution in [0.4, 0.5) is 0 Å². The first kappa shape index (κ1) is 34.8. The lowest BCUT2D eigenvalue weighted by atomic mass is 9.59. The molecule has 0 radical (unpaired) electrons. The van der Waals surface area contributed by atoms with Gasteiger partial charge in [-0.3, -0.25) is 14.4 Å². The van der Waals surface area contributed by atoms with Crippen molar-refractivity contribution in [1.82, 2.24) is 0 Å². The zero-order valence-corrected chi connectivity index (χ0v) is 27.8. The first-order chi connectivity index (χ1) is 20.8. The van der Waals surface area contributed by atoms with Gasteiger partial charge in [-0.05, 0) is 43.3 Å². The van der Waals surface area contributed by atoms with Crippen LogP contribution >= 0.6 is 0 Å². The molecule has 44 heavy (non-hydrogen) atoms. The summed E-state index contributed by atoms with van der Waals surface area (Å²) in [7, 11) is 0. The van der Waals surface area contributed by atoms with Crippen LogP contribution in [0, 0.1) is 28.6 Å². The van der Waals surface area contributed by atoms with Crippen LogP contribution in [0.15, 0.2) is 23.3 Å². The highest BCUT2D eigenvalue weighted by Crippen LogP contribution is 2.75. The minimum atomic E-state index is -2.26. The number of ketones is 1. The van der Waals surface area contributed by atoms with E-state index in [4.69, 9.17) is 9.47 Å². The second-order valence-electron chi connectivity index (χ2n) is 14.7. The van der Waals surface area contributed by atoms with Crippen LogP contribution in [-0.4, -0.2) is 63.1 Å². The summed E-state index contributed by atoms with van der Waals surface area (Å²) < 4.78 is 11.8. The quantitative estimate of drug-likeness (QED) is 0.120. The fourth-order valence-corrected chi connectivity index (χ4v) is 8.99. The number of aliphatic hydroxyl groups is 3. The van der Waals surface area contributed by atoms with E-state index >= 15 is 0 Å². The van der Waals surface area contributed by atoms with Crippen LogP contribution in [0.3, 0.4) is 0 Å². The molecule has 0 saturated heterocycles. The largest absolute Gasteiger partial charge is 0.461 e. The van der Waals surface area contributed by atoms with E-state index in [1.54, 1.807) is 19.1 Å². The lowest BCUT2D eigenvalue weighted by molar-refractivity contribution is -0.192. The second kappa shape index (κ2) is 13.4. The smallest absolute Gasteiger partial charge is 0.306 e. The van der Waals surface area contributed by atoms with E-state index in [0.29, 0.717) is 24.8 Å². The predicted octanol–water partition coefficient (Wildman–Crippen LogP) is 5.75. The molecule has 8 heteroatoms. The summed E-state index contributed by atoms with van der Waals surface area (Å²) in [6.07, 6.45) is 11.9. The van der Waals surface area contributed by atoms with E-state index in [1.165, 1.54) is 38.5 Å². The Kier molecular flexibility index (Phi) is 10.6.